The summed E-state index contributed by atoms with van der Waals surface area (Å²) in [4.78, 5) is -0.0312. The summed E-state index contributed by atoms with van der Waals surface area (Å²) in [5.41, 5.74) is 0. The van der Waals surface area contributed by atoms with Gasteiger partial charge in [0.25, 0.3) is 0 Å². The van der Waals surface area contributed by atoms with Crippen LogP contribution in [0.4, 0.5) is 0 Å². The van der Waals surface area contributed by atoms with Crippen molar-refractivity contribution < 1.29 is 17.9 Å². The van der Waals surface area contributed by atoms with Crippen LogP contribution in [0.5, 0.6) is 11.5 Å². The van der Waals surface area contributed by atoms with E-state index in [-0.39, 0.29) is 28.1 Å². The lowest BCUT2D eigenvalue weighted by molar-refractivity contribution is 0.0798. The zero-order valence-electron chi connectivity index (χ0n) is 12.8. The predicted molar refractivity (Wildman–Crippen MR) is 92.6 cm³/mol. The van der Waals surface area contributed by atoms with Gasteiger partial charge in [0.05, 0.1) is 16.6 Å². The van der Waals surface area contributed by atoms with E-state index < -0.39 is 16.1 Å². The summed E-state index contributed by atoms with van der Waals surface area (Å²) in [6.07, 6.45) is -0.419. The number of rotatable bonds is 4. The molecular weight excluding hydrogens is 373 g/mol. The van der Waals surface area contributed by atoms with E-state index in [1.54, 1.807) is 18.2 Å². The molecular formula is C16H15Cl2NO4S. The topological polar surface area (TPSA) is 55.8 Å². The Bertz CT molecular complexity index is 857. The van der Waals surface area contributed by atoms with Crippen molar-refractivity contribution in [3.63, 3.8) is 0 Å². The summed E-state index contributed by atoms with van der Waals surface area (Å²) in [7, 11) is -2.32. The van der Waals surface area contributed by atoms with E-state index in [2.05, 4.69) is 0 Å². The Balaban J connectivity index is 1.77. The highest BCUT2D eigenvalue weighted by Gasteiger charge is 2.29. The summed E-state index contributed by atoms with van der Waals surface area (Å²) in [5, 5.41) is 0.203. The number of ether oxygens (including phenoxy) is 2. The second-order valence-corrected chi connectivity index (χ2v) is 8.13. The van der Waals surface area contributed by atoms with Crippen LogP contribution < -0.4 is 9.47 Å². The molecule has 2 aromatic carbocycles. The molecule has 0 spiro atoms. The van der Waals surface area contributed by atoms with Crippen molar-refractivity contribution in [2.24, 2.45) is 0 Å². The third kappa shape index (κ3) is 3.32. The molecule has 1 heterocycles. The number of hydrogen-bond donors (Lipinski definition) is 0. The average molecular weight is 388 g/mol. The maximum absolute atomic E-state index is 12.7. The van der Waals surface area contributed by atoms with Gasteiger partial charge in [0.2, 0.25) is 10.0 Å². The summed E-state index contributed by atoms with van der Waals surface area (Å²) < 4.78 is 38.0. The molecule has 1 aliphatic rings. The first-order valence-corrected chi connectivity index (χ1v) is 9.38. The van der Waals surface area contributed by atoms with Crippen LogP contribution in [0, 0.1) is 0 Å². The van der Waals surface area contributed by atoms with Gasteiger partial charge in [0, 0.05) is 7.05 Å². The molecule has 24 heavy (non-hydrogen) atoms. The molecule has 0 aromatic heterocycles. The van der Waals surface area contributed by atoms with Gasteiger partial charge in [0.15, 0.2) is 11.5 Å². The van der Waals surface area contributed by atoms with Crippen molar-refractivity contribution >= 4 is 33.2 Å². The van der Waals surface area contributed by atoms with Gasteiger partial charge >= 0.3 is 0 Å². The standard InChI is InChI=1S/C16H15Cl2NO4S/c1-19(24(20,21)15-8-4-5-12(17)16(15)18)9-11-10-22-13-6-2-3-7-14(13)23-11/h2-8,11H,9-10H2,1H3/t11-/m1/s1. The fraction of sp³-hybridized carbons (Fsp3) is 0.250. The Morgan fingerprint density at radius 3 is 2.58 bits per heavy atom. The van der Waals surface area contributed by atoms with Crippen LogP contribution in [-0.4, -0.2) is 39.0 Å². The summed E-state index contributed by atoms with van der Waals surface area (Å²) >= 11 is 12.0. The maximum atomic E-state index is 12.7. The molecule has 0 unspecified atom stereocenters. The Morgan fingerprint density at radius 1 is 1.12 bits per heavy atom. The fourth-order valence-electron chi connectivity index (χ4n) is 2.39. The zero-order chi connectivity index (χ0) is 17.3. The SMILES string of the molecule is CN(C[C@@H]1COc2ccccc2O1)S(=O)(=O)c1cccc(Cl)c1Cl. The summed E-state index contributed by atoms with van der Waals surface area (Å²) in [5.74, 6) is 1.25. The molecule has 0 bridgehead atoms. The molecule has 2 aromatic rings. The summed E-state index contributed by atoms with van der Waals surface area (Å²) in [6.45, 7) is 0.389. The number of sulfonamides is 1. The molecule has 5 nitrogen and oxygen atoms in total. The minimum atomic E-state index is -3.79. The fourth-order valence-corrected chi connectivity index (χ4v) is 4.32. The predicted octanol–water partition coefficient (Wildman–Crippen LogP) is 3.45. The highest BCUT2D eigenvalue weighted by atomic mass is 35.5. The Hall–Kier alpha value is -1.47. The van der Waals surface area contributed by atoms with Crippen LogP contribution >= 0.6 is 23.2 Å². The molecule has 3 rings (SSSR count). The van der Waals surface area contributed by atoms with Crippen LogP contribution in [-0.2, 0) is 10.0 Å². The number of nitrogens with zero attached hydrogens (tertiary/aromatic N) is 1. The summed E-state index contributed by atoms with van der Waals surface area (Å²) in [6, 6.07) is 11.8. The first kappa shape index (κ1) is 17.4. The molecule has 0 amide bonds. The number of fused-ring (bicyclic) bond motifs is 1. The smallest absolute Gasteiger partial charge is 0.244 e. The highest BCUT2D eigenvalue weighted by molar-refractivity contribution is 7.89. The van der Waals surface area contributed by atoms with E-state index in [9.17, 15) is 8.42 Å². The lowest BCUT2D eigenvalue weighted by Crippen LogP contribution is -2.41. The third-order valence-corrected chi connectivity index (χ3v) is 6.43. The Morgan fingerprint density at radius 2 is 1.83 bits per heavy atom. The van der Waals surface area contributed by atoms with Crippen LogP contribution in [0.25, 0.3) is 0 Å². The number of hydrogen-bond acceptors (Lipinski definition) is 4. The van der Waals surface area contributed by atoms with E-state index in [0.29, 0.717) is 11.5 Å². The monoisotopic (exact) mass is 387 g/mol. The maximum Gasteiger partial charge on any atom is 0.244 e. The van der Waals surface area contributed by atoms with Gasteiger partial charge < -0.3 is 9.47 Å². The molecule has 0 saturated carbocycles. The highest BCUT2D eigenvalue weighted by Crippen LogP contribution is 2.33. The molecule has 0 aliphatic carbocycles. The van der Waals surface area contributed by atoms with Crippen LogP contribution in [0.15, 0.2) is 47.4 Å². The van der Waals surface area contributed by atoms with Crippen LogP contribution in [0.2, 0.25) is 10.0 Å². The van der Waals surface area contributed by atoms with Crippen molar-refractivity contribution in [1.82, 2.24) is 4.31 Å². The van der Waals surface area contributed by atoms with Crippen LogP contribution in [0.1, 0.15) is 0 Å². The van der Waals surface area contributed by atoms with Crippen molar-refractivity contribution in [3.05, 3.63) is 52.5 Å². The molecule has 1 atom stereocenters. The lowest BCUT2D eigenvalue weighted by atomic mass is 10.2. The first-order valence-electron chi connectivity index (χ1n) is 7.18. The van der Waals surface area contributed by atoms with E-state index in [1.807, 2.05) is 12.1 Å². The molecule has 0 fully saturated rings. The van der Waals surface area contributed by atoms with Gasteiger partial charge in [-0.05, 0) is 24.3 Å². The molecule has 8 heteroatoms. The Labute approximate surface area is 150 Å². The minimum absolute atomic E-state index is 0.0113. The van der Waals surface area contributed by atoms with Gasteiger partial charge in [0.1, 0.15) is 17.6 Å². The van der Waals surface area contributed by atoms with Crippen molar-refractivity contribution in [2.45, 2.75) is 11.0 Å². The van der Waals surface area contributed by atoms with Crippen molar-refractivity contribution in [2.75, 3.05) is 20.2 Å². The number of halogens is 2. The number of para-hydroxylation sites is 2. The van der Waals surface area contributed by atoms with E-state index in [4.69, 9.17) is 32.7 Å². The molecule has 0 N–H and O–H groups in total. The zero-order valence-corrected chi connectivity index (χ0v) is 15.1. The number of benzene rings is 2. The second-order valence-electron chi connectivity index (χ2n) is 5.34. The first-order chi connectivity index (χ1) is 11.4. The lowest BCUT2D eigenvalue weighted by Gasteiger charge is -2.29. The van der Waals surface area contributed by atoms with Gasteiger partial charge in [-0.15, -0.1) is 0 Å². The van der Waals surface area contributed by atoms with Gasteiger partial charge in [-0.2, -0.15) is 4.31 Å². The van der Waals surface area contributed by atoms with E-state index in [1.165, 1.54) is 23.5 Å². The third-order valence-electron chi connectivity index (χ3n) is 3.63. The van der Waals surface area contributed by atoms with Gasteiger partial charge in [-0.25, -0.2) is 8.42 Å². The second kappa shape index (κ2) is 6.80. The minimum Gasteiger partial charge on any atom is -0.486 e. The quantitative estimate of drug-likeness (QED) is 0.805. The van der Waals surface area contributed by atoms with E-state index >= 15 is 0 Å². The van der Waals surface area contributed by atoms with Crippen molar-refractivity contribution in [1.29, 1.82) is 0 Å². The molecule has 0 radical (unpaired) electrons. The molecule has 0 saturated heterocycles. The van der Waals surface area contributed by atoms with E-state index in [0.717, 1.165) is 0 Å². The normalized spacial score (nSPS) is 17.1. The average Bonchev–Trinajstić information content (AvgIpc) is 2.57. The van der Waals surface area contributed by atoms with Crippen molar-refractivity contribution in [3.8, 4) is 11.5 Å². The van der Waals surface area contributed by atoms with Gasteiger partial charge in [-0.1, -0.05) is 41.4 Å². The molecule has 128 valence electrons. The van der Waals surface area contributed by atoms with Gasteiger partial charge in [-0.3, -0.25) is 0 Å². The number of likely N-dealkylation sites (N-methyl/N-ethyl adjacent to an activating group) is 1. The Kier molecular flexibility index (Phi) is 4.92. The molecule has 1 aliphatic heterocycles. The van der Waals surface area contributed by atoms with Crippen LogP contribution in [0.3, 0.4) is 0 Å². The largest absolute Gasteiger partial charge is 0.486 e.